The van der Waals surface area contributed by atoms with Crippen LogP contribution in [0.25, 0.3) is 11.0 Å². The van der Waals surface area contributed by atoms with Crippen LogP contribution in [0.1, 0.15) is 5.56 Å². The Bertz CT molecular complexity index is 706. The van der Waals surface area contributed by atoms with E-state index in [4.69, 9.17) is 11.6 Å². The molecule has 90 valence electrons. The molecule has 0 aliphatic heterocycles. The lowest BCUT2D eigenvalue weighted by molar-refractivity contribution is 0.466. The molecule has 0 fully saturated rings. The van der Waals surface area contributed by atoms with Gasteiger partial charge < -0.3 is 9.67 Å². The molecule has 0 unspecified atom stereocenters. The molecule has 0 saturated heterocycles. The molecular weight excluding hydrogens is 248 g/mol. The average molecular weight is 259 g/mol. The van der Waals surface area contributed by atoms with Crippen molar-refractivity contribution in [2.75, 3.05) is 0 Å². The lowest BCUT2D eigenvalue weighted by Gasteiger charge is -2.07. The van der Waals surface area contributed by atoms with Crippen LogP contribution in [0.4, 0.5) is 0 Å². The first-order valence-corrected chi connectivity index (χ1v) is 5.99. The summed E-state index contributed by atoms with van der Waals surface area (Å²) in [4.78, 5) is 4.32. The number of aromatic nitrogens is 2. The predicted octanol–water partition coefficient (Wildman–Crippen LogP) is 3.44. The van der Waals surface area contributed by atoms with Crippen molar-refractivity contribution in [2.45, 2.75) is 6.54 Å². The van der Waals surface area contributed by atoms with Crippen molar-refractivity contribution in [1.29, 1.82) is 0 Å². The van der Waals surface area contributed by atoms with Crippen molar-refractivity contribution in [1.82, 2.24) is 9.55 Å². The number of halogens is 1. The highest BCUT2D eigenvalue weighted by Crippen LogP contribution is 2.23. The van der Waals surface area contributed by atoms with Crippen molar-refractivity contribution < 1.29 is 5.11 Å². The second-order valence-corrected chi connectivity index (χ2v) is 4.57. The highest BCUT2D eigenvalue weighted by molar-refractivity contribution is 6.30. The molecule has 18 heavy (non-hydrogen) atoms. The molecule has 0 spiro atoms. The van der Waals surface area contributed by atoms with Crippen molar-refractivity contribution in [2.24, 2.45) is 0 Å². The first kappa shape index (κ1) is 11.1. The van der Waals surface area contributed by atoms with Crippen molar-refractivity contribution in [3.8, 4) is 5.75 Å². The summed E-state index contributed by atoms with van der Waals surface area (Å²) in [6.45, 7) is 0.549. The smallest absolute Gasteiger partial charge is 0.120 e. The summed E-state index contributed by atoms with van der Waals surface area (Å²) in [5.41, 5.74) is 2.77. The van der Waals surface area contributed by atoms with E-state index in [0.717, 1.165) is 16.6 Å². The molecule has 0 amide bonds. The number of benzene rings is 2. The molecule has 1 N–H and O–H groups in total. The van der Waals surface area contributed by atoms with Gasteiger partial charge in [-0.05, 0) is 30.3 Å². The van der Waals surface area contributed by atoms with Crippen LogP contribution < -0.4 is 0 Å². The number of hydrogen-bond donors (Lipinski definition) is 1. The molecule has 0 aliphatic rings. The fraction of sp³-hybridized carbons (Fsp3) is 0.0714. The molecule has 3 aromatic rings. The molecule has 0 bridgehead atoms. The van der Waals surface area contributed by atoms with Crippen molar-refractivity contribution in [3.05, 3.63) is 59.4 Å². The summed E-state index contributed by atoms with van der Waals surface area (Å²) in [5.74, 6) is 0.247. The Labute approximate surface area is 109 Å². The maximum atomic E-state index is 9.81. The third kappa shape index (κ3) is 1.93. The number of fused-ring (bicyclic) bond motifs is 1. The average Bonchev–Trinajstić information content (AvgIpc) is 2.78. The Balaban J connectivity index is 2.04. The van der Waals surface area contributed by atoms with Crippen LogP contribution >= 0.6 is 11.6 Å². The van der Waals surface area contributed by atoms with Crippen LogP contribution in [0.2, 0.25) is 5.02 Å². The van der Waals surface area contributed by atoms with Crippen LogP contribution in [0, 0.1) is 0 Å². The van der Waals surface area contributed by atoms with E-state index >= 15 is 0 Å². The summed E-state index contributed by atoms with van der Waals surface area (Å²) in [7, 11) is 0. The minimum absolute atomic E-state index is 0.247. The monoisotopic (exact) mass is 258 g/mol. The summed E-state index contributed by atoms with van der Waals surface area (Å²) in [6.07, 6.45) is 1.77. The third-order valence-corrected chi connectivity index (χ3v) is 3.14. The number of para-hydroxylation sites is 2. The van der Waals surface area contributed by atoms with E-state index < -0.39 is 0 Å². The van der Waals surface area contributed by atoms with E-state index in [9.17, 15) is 5.11 Å². The van der Waals surface area contributed by atoms with Gasteiger partial charge in [-0.15, -0.1) is 0 Å². The van der Waals surface area contributed by atoms with Gasteiger partial charge in [0.1, 0.15) is 5.75 Å². The van der Waals surface area contributed by atoms with E-state index in [1.54, 1.807) is 24.5 Å². The number of aromatic hydroxyl groups is 1. The maximum absolute atomic E-state index is 9.81. The van der Waals surface area contributed by atoms with E-state index in [0.29, 0.717) is 11.6 Å². The normalized spacial score (nSPS) is 10.9. The first-order valence-electron chi connectivity index (χ1n) is 5.61. The van der Waals surface area contributed by atoms with Gasteiger partial charge in [-0.1, -0.05) is 23.7 Å². The Morgan fingerprint density at radius 1 is 1.17 bits per heavy atom. The van der Waals surface area contributed by atoms with Gasteiger partial charge in [0.25, 0.3) is 0 Å². The standard InChI is InChI=1S/C14H11ClN2O/c15-11-5-6-14(18)10(7-11)8-17-9-16-12-3-1-2-4-13(12)17/h1-7,9,18H,8H2. The number of phenols is 1. The van der Waals surface area contributed by atoms with Crippen LogP contribution in [0.3, 0.4) is 0 Å². The van der Waals surface area contributed by atoms with Gasteiger partial charge in [0.05, 0.1) is 23.9 Å². The second kappa shape index (κ2) is 4.35. The molecule has 1 aromatic heterocycles. The maximum Gasteiger partial charge on any atom is 0.120 e. The summed E-state index contributed by atoms with van der Waals surface area (Å²) < 4.78 is 1.99. The Hall–Kier alpha value is -2.00. The highest BCUT2D eigenvalue weighted by Gasteiger charge is 2.06. The van der Waals surface area contributed by atoms with Gasteiger partial charge in [0.15, 0.2) is 0 Å². The third-order valence-electron chi connectivity index (χ3n) is 2.91. The summed E-state index contributed by atoms with van der Waals surface area (Å²) in [6, 6.07) is 12.9. The number of rotatable bonds is 2. The van der Waals surface area contributed by atoms with Gasteiger partial charge >= 0.3 is 0 Å². The van der Waals surface area contributed by atoms with E-state index in [1.807, 2.05) is 28.8 Å². The van der Waals surface area contributed by atoms with Gasteiger partial charge in [-0.3, -0.25) is 0 Å². The Morgan fingerprint density at radius 2 is 2.00 bits per heavy atom. The van der Waals surface area contributed by atoms with Gasteiger partial charge in [0.2, 0.25) is 0 Å². The molecule has 0 aliphatic carbocycles. The lowest BCUT2D eigenvalue weighted by Crippen LogP contribution is -1.98. The van der Waals surface area contributed by atoms with E-state index in [1.165, 1.54) is 0 Å². The number of imidazole rings is 1. The number of phenolic OH excluding ortho intramolecular Hbond substituents is 1. The largest absolute Gasteiger partial charge is 0.508 e. The number of hydrogen-bond acceptors (Lipinski definition) is 2. The number of nitrogens with zero attached hydrogens (tertiary/aromatic N) is 2. The predicted molar refractivity (Wildman–Crippen MR) is 72.0 cm³/mol. The molecule has 3 rings (SSSR count). The molecule has 0 radical (unpaired) electrons. The summed E-state index contributed by atoms with van der Waals surface area (Å²) in [5, 5.41) is 10.4. The van der Waals surface area contributed by atoms with Crippen molar-refractivity contribution in [3.63, 3.8) is 0 Å². The molecule has 0 atom stereocenters. The molecule has 1 heterocycles. The van der Waals surface area contributed by atoms with E-state index in [2.05, 4.69) is 4.98 Å². The molecular formula is C14H11ClN2O. The molecule has 2 aromatic carbocycles. The van der Waals surface area contributed by atoms with Gasteiger partial charge in [-0.2, -0.15) is 0 Å². The quantitative estimate of drug-likeness (QED) is 0.765. The Kier molecular flexibility index (Phi) is 2.68. The van der Waals surface area contributed by atoms with Crippen LogP contribution in [-0.2, 0) is 6.54 Å². The van der Waals surface area contributed by atoms with Crippen LogP contribution in [-0.4, -0.2) is 14.7 Å². The fourth-order valence-corrected chi connectivity index (χ4v) is 2.20. The zero-order valence-corrected chi connectivity index (χ0v) is 10.3. The SMILES string of the molecule is Oc1ccc(Cl)cc1Cn1cnc2ccccc21. The van der Waals surface area contributed by atoms with Crippen molar-refractivity contribution >= 4 is 22.6 Å². The second-order valence-electron chi connectivity index (χ2n) is 4.13. The Morgan fingerprint density at radius 3 is 2.89 bits per heavy atom. The van der Waals surface area contributed by atoms with E-state index in [-0.39, 0.29) is 5.75 Å². The van der Waals surface area contributed by atoms with Crippen LogP contribution in [0.5, 0.6) is 5.75 Å². The zero-order chi connectivity index (χ0) is 12.5. The first-order chi connectivity index (χ1) is 8.74. The lowest BCUT2D eigenvalue weighted by atomic mass is 10.2. The molecule has 3 nitrogen and oxygen atoms in total. The summed E-state index contributed by atoms with van der Waals surface area (Å²) >= 11 is 5.94. The minimum atomic E-state index is 0.247. The molecule has 0 saturated carbocycles. The van der Waals surface area contributed by atoms with Gasteiger partial charge in [0, 0.05) is 10.6 Å². The van der Waals surface area contributed by atoms with Crippen LogP contribution in [0.15, 0.2) is 48.8 Å². The minimum Gasteiger partial charge on any atom is -0.508 e. The van der Waals surface area contributed by atoms with Gasteiger partial charge in [-0.25, -0.2) is 4.98 Å². The fourth-order valence-electron chi connectivity index (χ4n) is 2.00. The topological polar surface area (TPSA) is 38.0 Å². The molecule has 4 heteroatoms. The zero-order valence-electron chi connectivity index (χ0n) is 9.55. The highest BCUT2D eigenvalue weighted by atomic mass is 35.5.